The number of phenolic OH excluding ortho intramolecular Hbond substituents is 1. The highest BCUT2D eigenvalue weighted by Crippen LogP contribution is 2.33. The maximum absolute atomic E-state index is 12.8. The van der Waals surface area contributed by atoms with E-state index in [1.54, 1.807) is 30.5 Å². The zero-order chi connectivity index (χ0) is 22.0. The number of carbonyl (C=O) groups is 1. The summed E-state index contributed by atoms with van der Waals surface area (Å²) in [5, 5.41) is 24.0. The lowest BCUT2D eigenvalue weighted by molar-refractivity contribution is 0.101. The van der Waals surface area contributed by atoms with Gasteiger partial charge < -0.3 is 9.84 Å². The lowest BCUT2D eigenvalue weighted by Gasteiger charge is -2.15. The summed E-state index contributed by atoms with van der Waals surface area (Å²) in [7, 11) is 0. The number of H-pyrrole nitrogens is 1. The van der Waals surface area contributed by atoms with E-state index in [1.165, 1.54) is 17.5 Å². The molecule has 0 amide bonds. The summed E-state index contributed by atoms with van der Waals surface area (Å²) in [6.07, 6.45) is 4.39. The fraction of sp³-hybridized carbons (Fsp3) is 0.238. The Bertz CT molecular complexity index is 1310. The lowest BCUT2D eigenvalue weighted by atomic mass is 10.0. The van der Waals surface area contributed by atoms with Gasteiger partial charge in [-0.1, -0.05) is 19.4 Å². The van der Waals surface area contributed by atoms with Crippen LogP contribution in [-0.4, -0.2) is 40.9 Å². The minimum absolute atomic E-state index is 0.0458. The van der Waals surface area contributed by atoms with E-state index in [-0.39, 0.29) is 40.7 Å². The summed E-state index contributed by atoms with van der Waals surface area (Å²) in [6.45, 7) is 3.55. The number of benzene rings is 1. The van der Waals surface area contributed by atoms with Crippen molar-refractivity contribution < 1.29 is 14.6 Å². The van der Waals surface area contributed by atoms with Crippen molar-refractivity contribution in [2.45, 2.75) is 33.3 Å². The predicted molar refractivity (Wildman–Crippen MR) is 111 cm³/mol. The van der Waals surface area contributed by atoms with Crippen LogP contribution in [0.3, 0.4) is 0 Å². The number of aromatic hydroxyl groups is 1. The second kappa shape index (κ2) is 8.34. The number of tetrazole rings is 1. The molecule has 4 rings (SSSR count). The molecular formula is C21H20N6O4. The normalized spacial score (nSPS) is 11.0. The van der Waals surface area contributed by atoms with Crippen LogP contribution in [0, 0.1) is 0 Å². The zero-order valence-corrected chi connectivity index (χ0v) is 17.0. The molecule has 31 heavy (non-hydrogen) atoms. The third-order valence-electron chi connectivity index (χ3n) is 4.86. The summed E-state index contributed by atoms with van der Waals surface area (Å²) in [5.41, 5.74) is 1.94. The summed E-state index contributed by atoms with van der Waals surface area (Å²) >= 11 is 0. The molecule has 3 aromatic heterocycles. The van der Waals surface area contributed by atoms with Crippen LogP contribution in [-0.2, 0) is 13.0 Å². The summed E-state index contributed by atoms with van der Waals surface area (Å²) in [5.74, 6) is 0.407. The van der Waals surface area contributed by atoms with Crippen LogP contribution in [0.15, 0.2) is 41.5 Å². The van der Waals surface area contributed by atoms with Crippen molar-refractivity contribution in [1.29, 1.82) is 0 Å². The Hall–Kier alpha value is -4.08. The molecule has 10 nitrogen and oxygen atoms in total. The molecule has 0 atom stereocenters. The zero-order valence-electron chi connectivity index (χ0n) is 17.0. The number of rotatable bonds is 7. The van der Waals surface area contributed by atoms with E-state index in [0.29, 0.717) is 23.4 Å². The van der Waals surface area contributed by atoms with E-state index < -0.39 is 0 Å². The molecule has 0 aliphatic heterocycles. The topological polar surface area (TPSA) is 135 Å². The van der Waals surface area contributed by atoms with Crippen molar-refractivity contribution in [3.63, 3.8) is 0 Å². The molecule has 3 heterocycles. The van der Waals surface area contributed by atoms with E-state index in [9.17, 15) is 14.7 Å². The average molecular weight is 420 g/mol. The first-order valence-corrected chi connectivity index (χ1v) is 9.72. The van der Waals surface area contributed by atoms with Gasteiger partial charge in [0.1, 0.15) is 29.3 Å². The molecule has 0 radical (unpaired) electrons. The van der Waals surface area contributed by atoms with Gasteiger partial charge >= 0.3 is 0 Å². The molecule has 0 bridgehead atoms. The molecule has 1 aromatic carbocycles. The van der Waals surface area contributed by atoms with Gasteiger partial charge in [0, 0.05) is 23.5 Å². The van der Waals surface area contributed by atoms with Crippen molar-refractivity contribution >= 4 is 11.4 Å². The quantitative estimate of drug-likeness (QED) is 0.435. The first-order chi connectivity index (χ1) is 15.0. The van der Waals surface area contributed by atoms with Gasteiger partial charge in [-0.15, -0.1) is 10.2 Å². The van der Waals surface area contributed by atoms with Crippen LogP contribution < -0.4 is 10.3 Å². The van der Waals surface area contributed by atoms with Crippen molar-refractivity contribution in [1.82, 2.24) is 30.0 Å². The average Bonchev–Trinajstić information content (AvgIpc) is 3.29. The smallest absolute Gasteiger partial charge is 0.269 e. The number of Topliss-reactive ketones (excluding diaryl/α,β-unsaturated/α-hetero) is 1. The summed E-state index contributed by atoms with van der Waals surface area (Å²) in [4.78, 5) is 28.8. The lowest BCUT2D eigenvalue weighted by Crippen LogP contribution is -2.18. The van der Waals surface area contributed by atoms with Crippen LogP contribution in [0.1, 0.15) is 41.8 Å². The number of pyridine rings is 1. The van der Waals surface area contributed by atoms with Crippen LogP contribution in [0.5, 0.6) is 11.5 Å². The second-order valence-corrected chi connectivity index (χ2v) is 7.01. The van der Waals surface area contributed by atoms with Gasteiger partial charge in [-0.25, -0.2) is 4.98 Å². The first kappa shape index (κ1) is 20.2. The van der Waals surface area contributed by atoms with Crippen molar-refractivity contribution in [3.8, 4) is 22.9 Å². The number of hydrogen-bond donors (Lipinski definition) is 2. The number of ether oxygens (including phenoxy) is 1. The highest BCUT2D eigenvalue weighted by Gasteiger charge is 2.16. The second-order valence-electron chi connectivity index (χ2n) is 7.01. The summed E-state index contributed by atoms with van der Waals surface area (Å²) < 4.78 is 7.33. The van der Waals surface area contributed by atoms with Crippen LogP contribution >= 0.6 is 0 Å². The monoisotopic (exact) mass is 420 g/mol. The van der Waals surface area contributed by atoms with Gasteiger partial charge in [-0.05, 0) is 36.8 Å². The Morgan fingerprint density at radius 1 is 1.26 bits per heavy atom. The van der Waals surface area contributed by atoms with Gasteiger partial charge in [0.2, 0.25) is 5.82 Å². The Kier molecular flexibility index (Phi) is 5.44. The number of aromatic nitrogens is 6. The third-order valence-corrected chi connectivity index (χ3v) is 4.86. The Balaban J connectivity index is 1.65. The third kappa shape index (κ3) is 3.87. The SMILES string of the molecule is CCCc1c(OCc2ccc3ncc(-c4nn[nH]n4)c(=O)n3c2)ccc(C(C)=O)c1O. The molecule has 0 fully saturated rings. The first-order valence-electron chi connectivity index (χ1n) is 9.72. The van der Waals surface area contributed by atoms with Crippen LogP contribution in [0.2, 0.25) is 0 Å². The fourth-order valence-corrected chi connectivity index (χ4v) is 3.32. The van der Waals surface area contributed by atoms with Gasteiger partial charge in [-0.2, -0.15) is 5.21 Å². The van der Waals surface area contributed by atoms with E-state index in [0.717, 1.165) is 12.0 Å². The number of aromatic amines is 1. The molecule has 10 heteroatoms. The number of nitrogens with one attached hydrogen (secondary N) is 1. The maximum atomic E-state index is 12.8. The molecular weight excluding hydrogens is 400 g/mol. The largest absolute Gasteiger partial charge is 0.507 e. The van der Waals surface area contributed by atoms with E-state index in [2.05, 4.69) is 25.6 Å². The minimum Gasteiger partial charge on any atom is -0.507 e. The molecule has 0 spiro atoms. The number of ketones is 1. The van der Waals surface area contributed by atoms with E-state index in [1.807, 2.05) is 6.92 Å². The van der Waals surface area contributed by atoms with Crippen molar-refractivity contribution in [2.24, 2.45) is 0 Å². The van der Waals surface area contributed by atoms with Crippen LogP contribution in [0.4, 0.5) is 0 Å². The number of fused-ring (bicyclic) bond motifs is 1. The van der Waals surface area contributed by atoms with E-state index >= 15 is 0 Å². The number of nitrogens with zero attached hydrogens (tertiary/aromatic N) is 5. The molecule has 0 aliphatic rings. The molecule has 0 saturated carbocycles. The molecule has 158 valence electrons. The number of hydrogen-bond acceptors (Lipinski definition) is 8. The Morgan fingerprint density at radius 2 is 2.10 bits per heavy atom. The maximum Gasteiger partial charge on any atom is 0.269 e. The standard InChI is InChI=1S/C21H20N6O4/c1-3-4-15-17(7-6-14(12(2)28)19(15)29)31-11-13-5-8-18-22-9-16(20-23-25-26-24-20)21(30)27(18)10-13/h5-10,29H,3-4,11H2,1-2H3,(H,23,24,25,26). The minimum atomic E-state index is -0.330. The van der Waals surface area contributed by atoms with Gasteiger partial charge in [0.05, 0.1) is 5.56 Å². The predicted octanol–water partition coefficient (Wildman–Crippen LogP) is 2.31. The highest BCUT2D eigenvalue weighted by molar-refractivity contribution is 5.97. The number of phenols is 1. The molecule has 0 aliphatic carbocycles. The molecule has 4 aromatic rings. The molecule has 0 unspecified atom stereocenters. The molecule has 0 saturated heterocycles. The van der Waals surface area contributed by atoms with Gasteiger partial charge in [0.25, 0.3) is 5.56 Å². The van der Waals surface area contributed by atoms with Gasteiger partial charge in [0.15, 0.2) is 5.78 Å². The molecule has 2 N–H and O–H groups in total. The Labute approximate surface area is 176 Å². The number of carbonyl (C=O) groups excluding carboxylic acids is 1. The fourth-order valence-electron chi connectivity index (χ4n) is 3.32. The highest BCUT2D eigenvalue weighted by atomic mass is 16.5. The van der Waals surface area contributed by atoms with Crippen molar-refractivity contribution in [2.75, 3.05) is 0 Å². The van der Waals surface area contributed by atoms with Crippen molar-refractivity contribution in [3.05, 3.63) is 63.7 Å². The van der Waals surface area contributed by atoms with Crippen LogP contribution in [0.25, 0.3) is 17.0 Å². The summed E-state index contributed by atoms with van der Waals surface area (Å²) in [6, 6.07) is 6.76. The van der Waals surface area contributed by atoms with E-state index in [4.69, 9.17) is 4.74 Å². The Morgan fingerprint density at radius 3 is 2.81 bits per heavy atom. The van der Waals surface area contributed by atoms with Gasteiger partial charge in [-0.3, -0.25) is 14.0 Å².